The van der Waals surface area contributed by atoms with E-state index in [2.05, 4.69) is 11.0 Å². The number of anilines is 1. The standard InChI is InChI=1S/C22H20ClN3O3S/c1-28-16-6-7-20(29-2)18(9-16)17-10-21(27)26-12-25(13-30-22(26)19(17)11-24)15-5-3-4-14(23)8-15/h3-9,17H,10,12-13H2,1-2H3/t17-/m0/s1. The summed E-state index contributed by atoms with van der Waals surface area (Å²) in [5, 5.41) is 11.4. The SMILES string of the molecule is COc1ccc(OC)c([C@@H]2CC(=O)N3CN(c4cccc(Cl)c4)CSC3=C2C#N)c1. The van der Waals surface area contributed by atoms with E-state index in [0.29, 0.717) is 39.7 Å². The van der Waals surface area contributed by atoms with Crippen LogP contribution in [-0.2, 0) is 4.79 Å². The molecule has 1 saturated heterocycles. The molecule has 1 fully saturated rings. The van der Waals surface area contributed by atoms with Crippen LogP contribution in [0.3, 0.4) is 0 Å². The van der Waals surface area contributed by atoms with Gasteiger partial charge in [-0.3, -0.25) is 9.69 Å². The highest BCUT2D eigenvalue weighted by Crippen LogP contribution is 2.46. The first-order valence-electron chi connectivity index (χ1n) is 9.35. The Morgan fingerprint density at radius 1 is 1.20 bits per heavy atom. The van der Waals surface area contributed by atoms with Gasteiger partial charge in [0.25, 0.3) is 0 Å². The molecule has 0 radical (unpaired) electrons. The first-order chi connectivity index (χ1) is 14.5. The molecule has 30 heavy (non-hydrogen) atoms. The predicted octanol–water partition coefficient (Wildman–Crippen LogP) is 4.58. The van der Waals surface area contributed by atoms with Gasteiger partial charge in [0.1, 0.15) is 11.5 Å². The number of fused-ring (bicyclic) bond motifs is 1. The van der Waals surface area contributed by atoms with E-state index in [0.717, 1.165) is 11.3 Å². The number of carbonyl (C=O) groups is 1. The lowest BCUT2D eigenvalue weighted by Gasteiger charge is -2.42. The van der Waals surface area contributed by atoms with Gasteiger partial charge in [0.15, 0.2) is 0 Å². The summed E-state index contributed by atoms with van der Waals surface area (Å²) in [4.78, 5) is 16.9. The molecule has 6 nitrogen and oxygen atoms in total. The first kappa shape index (κ1) is 20.5. The second-order valence-corrected chi connectivity index (χ2v) is 8.32. The zero-order valence-electron chi connectivity index (χ0n) is 16.6. The maximum absolute atomic E-state index is 13.1. The molecule has 2 aliphatic heterocycles. The first-order valence-corrected chi connectivity index (χ1v) is 10.7. The number of thioether (sulfide) groups is 1. The molecule has 0 bridgehead atoms. The molecule has 0 aromatic heterocycles. The molecule has 0 aliphatic carbocycles. The van der Waals surface area contributed by atoms with Crippen LogP contribution in [0.2, 0.25) is 5.02 Å². The Bertz CT molecular complexity index is 1070. The summed E-state index contributed by atoms with van der Waals surface area (Å²) in [7, 11) is 3.17. The molecule has 0 unspecified atom stereocenters. The summed E-state index contributed by atoms with van der Waals surface area (Å²) in [5.74, 6) is 1.51. The molecular weight excluding hydrogens is 422 g/mol. The van der Waals surface area contributed by atoms with E-state index in [1.807, 2.05) is 30.3 Å². The Labute approximate surface area is 184 Å². The van der Waals surface area contributed by atoms with Gasteiger partial charge < -0.3 is 14.4 Å². The molecule has 4 rings (SSSR count). The minimum Gasteiger partial charge on any atom is -0.497 e. The van der Waals surface area contributed by atoms with E-state index in [4.69, 9.17) is 21.1 Å². The van der Waals surface area contributed by atoms with Crippen LogP contribution in [0.15, 0.2) is 53.1 Å². The largest absolute Gasteiger partial charge is 0.497 e. The van der Waals surface area contributed by atoms with Gasteiger partial charge in [-0.25, -0.2) is 0 Å². The van der Waals surface area contributed by atoms with Gasteiger partial charge in [-0.05, 0) is 36.4 Å². The smallest absolute Gasteiger partial charge is 0.229 e. The molecule has 154 valence electrons. The summed E-state index contributed by atoms with van der Waals surface area (Å²) >= 11 is 7.61. The quantitative estimate of drug-likeness (QED) is 0.692. The molecule has 8 heteroatoms. The summed E-state index contributed by atoms with van der Waals surface area (Å²) in [6.45, 7) is 0.384. The Morgan fingerprint density at radius 3 is 2.73 bits per heavy atom. The zero-order chi connectivity index (χ0) is 21.3. The van der Waals surface area contributed by atoms with Crippen molar-refractivity contribution in [1.29, 1.82) is 5.26 Å². The second-order valence-electron chi connectivity index (χ2n) is 6.95. The van der Waals surface area contributed by atoms with Crippen molar-refractivity contribution in [2.24, 2.45) is 0 Å². The summed E-state index contributed by atoms with van der Waals surface area (Å²) in [6.07, 6.45) is 0.194. The number of halogens is 1. The van der Waals surface area contributed by atoms with E-state index in [-0.39, 0.29) is 18.2 Å². The van der Waals surface area contributed by atoms with Gasteiger partial charge >= 0.3 is 0 Å². The lowest BCUT2D eigenvalue weighted by molar-refractivity contribution is -0.129. The fourth-order valence-electron chi connectivity index (χ4n) is 3.78. The topological polar surface area (TPSA) is 65.8 Å². The number of hydrogen-bond acceptors (Lipinski definition) is 6. The second kappa shape index (κ2) is 8.50. The molecule has 2 aromatic rings. The van der Waals surface area contributed by atoms with E-state index in [9.17, 15) is 10.1 Å². The highest BCUT2D eigenvalue weighted by atomic mass is 35.5. The Hall–Kier alpha value is -2.82. The van der Waals surface area contributed by atoms with Crippen LogP contribution in [0, 0.1) is 11.3 Å². The third kappa shape index (κ3) is 3.69. The molecule has 1 atom stereocenters. The van der Waals surface area contributed by atoms with Crippen molar-refractivity contribution in [2.45, 2.75) is 12.3 Å². The Balaban J connectivity index is 1.71. The van der Waals surface area contributed by atoms with Crippen LogP contribution in [0.1, 0.15) is 17.9 Å². The molecule has 0 spiro atoms. The number of nitrogens with zero attached hydrogens (tertiary/aromatic N) is 3. The van der Waals surface area contributed by atoms with Gasteiger partial charge in [0.2, 0.25) is 5.91 Å². The van der Waals surface area contributed by atoms with Crippen molar-refractivity contribution in [3.63, 3.8) is 0 Å². The van der Waals surface area contributed by atoms with Crippen LogP contribution >= 0.6 is 23.4 Å². The van der Waals surface area contributed by atoms with Crippen LogP contribution in [0.5, 0.6) is 11.5 Å². The van der Waals surface area contributed by atoms with Crippen molar-refractivity contribution in [2.75, 3.05) is 31.7 Å². The number of nitriles is 1. The van der Waals surface area contributed by atoms with Crippen molar-refractivity contribution >= 4 is 35.0 Å². The minimum absolute atomic E-state index is 0.0295. The number of benzene rings is 2. The van der Waals surface area contributed by atoms with Crippen molar-refractivity contribution in [3.05, 3.63) is 63.7 Å². The number of amides is 1. The van der Waals surface area contributed by atoms with E-state index in [1.54, 1.807) is 31.3 Å². The van der Waals surface area contributed by atoms with Gasteiger partial charge in [0, 0.05) is 28.6 Å². The minimum atomic E-state index is -0.371. The maximum Gasteiger partial charge on any atom is 0.229 e. The maximum atomic E-state index is 13.1. The lowest BCUT2D eigenvalue weighted by atomic mass is 9.86. The van der Waals surface area contributed by atoms with Gasteiger partial charge in [-0.1, -0.05) is 29.4 Å². The van der Waals surface area contributed by atoms with E-state index >= 15 is 0 Å². The molecule has 2 aromatic carbocycles. The number of hydrogen-bond donors (Lipinski definition) is 0. The summed E-state index contributed by atoms with van der Waals surface area (Å²) in [6, 6.07) is 15.3. The van der Waals surface area contributed by atoms with Crippen LogP contribution in [0.4, 0.5) is 5.69 Å². The Morgan fingerprint density at radius 2 is 2.03 bits per heavy atom. The third-order valence-corrected chi connectivity index (χ3v) is 6.67. The van der Waals surface area contributed by atoms with Gasteiger partial charge in [0.05, 0.1) is 43.4 Å². The summed E-state index contributed by atoms with van der Waals surface area (Å²) in [5.41, 5.74) is 2.31. The van der Waals surface area contributed by atoms with Crippen molar-refractivity contribution < 1.29 is 14.3 Å². The average molecular weight is 442 g/mol. The number of carbonyl (C=O) groups excluding carboxylic acids is 1. The van der Waals surface area contributed by atoms with Crippen LogP contribution in [-0.4, -0.2) is 37.6 Å². The molecule has 2 aliphatic rings. The number of allylic oxidation sites excluding steroid dienone is 1. The van der Waals surface area contributed by atoms with E-state index < -0.39 is 0 Å². The number of methoxy groups -OCH3 is 2. The van der Waals surface area contributed by atoms with Crippen molar-refractivity contribution in [3.8, 4) is 17.6 Å². The fraction of sp³-hybridized carbons (Fsp3) is 0.273. The molecular formula is C22H20ClN3O3S. The highest BCUT2D eigenvalue weighted by Gasteiger charge is 2.39. The lowest BCUT2D eigenvalue weighted by Crippen LogP contribution is -2.47. The zero-order valence-corrected chi connectivity index (χ0v) is 18.2. The number of ether oxygens (including phenoxy) is 2. The van der Waals surface area contributed by atoms with Crippen LogP contribution in [0.25, 0.3) is 0 Å². The summed E-state index contributed by atoms with van der Waals surface area (Å²) < 4.78 is 10.9. The predicted molar refractivity (Wildman–Crippen MR) is 118 cm³/mol. The monoisotopic (exact) mass is 441 g/mol. The molecule has 0 N–H and O–H groups in total. The molecule has 0 saturated carbocycles. The van der Waals surface area contributed by atoms with Gasteiger partial charge in [-0.15, -0.1) is 0 Å². The molecule has 2 heterocycles. The molecule has 1 amide bonds. The third-order valence-electron chi connectivity index (χ3n) is 5.28. The Kier molecular flexibility index (Phi) is 5.80. The van der Waals surface area contributed by atoms with Crippen LogP contribution < -0.4 is 14.4 Å². The van der Waals surface area contributed by atoms with Gasteiger partial charge in [-0.2, -0.15) is 5.26 Å². The average Bonchev–Trinajstić information content (AvgIpc) is 2.78. The fourth-order valence-corrected chi connectivity index (χ4v) is 5.13. The normalized spacial score (nSPS) is 18.7. The highest BCUT2D eigenvalue weighted by molar-refractivity contribution is 8.03. The van der Waals surface area contributed by atoms with Crippen molar-refractivity contribution in [1.82, 2.24) is 4.90 Å². The number of rotatable bonds is 4. The van der Waals surface area contributed by atoms with E-state index in [1.165, 1.54) is 11.8 Å².